The van der Waals surface area contributed by atoms with Gasteiger partial charge in [0.15, 0.2) is 0 Å². The van der Waals surface area contributed by atoms with Crippen molar-refractivity contribution in [1.29, 1.82) is 5.26 Å². The zero-order chi connectivity index (χ0) is 14.5. The highest BCUT2D eigenvalue weighted by Crippen LogP contribution is 2.14. The molecule has 0 heterocycles. The molecular formula is C12H17ClFN3O2S. The fourth-order valence-electron chi connectivity index (χ4n) is 1.50. The highest BCUT2D eigenvalue weighted by atomic mass is 35.5. The van der Waals surface area contributed by atoms with E-state index in [9.17, 15) is 12.8 Å². The molecule has 1 aromatic carbocycles. The number of benzene rings is 1. The molecule has 0 bridgehead atoms. The lowest BCUT2D eigenvalue weighted by Crippen LogP contribution is -2.38. The SMILES string of the molecule is CCN[C@H](C)CNS(=O)(=O)c1ccc(F)c(C#N)c1.Cl. The lowest BCUT2D eigenvalue weighted by atomic mass is 10.2. The molecule has 112 valence electrons. The summed E-state index contributed by atoms with van der Waals surface area (Å²) in [6.45, 7) is 4.72. The number of nitrogens with zero attached hydrogens (tertiary/aromatic N) is 1. The second kappa shape index (κ2) is 8.17. The summed E-state index contributed by atoms with van der Waals surface area (Å²) in [5, 5.41) is 11.7. The topological polar surface area (TPSA) is 82.0 Å². The van der Waals surface area contributed by atoms with Crippen LogP contribution in [0.1, 0.15) is 19.4 Å². The van der Waals surface area contributed by atoms with Gasteiger partial charge in [-0.3, -0.25) is 0 Å². The van der Waals surface area contributed by atoms with Crippen molar-refractivity contribution in [2.24, 2.45) is 0 Å². The molecule has 1 aromatic rings. The highest BCUT2D eigenvalue weighted by Gasteiger charge is 2.16. The minimum Gasteiger partial charge on any atom is -0.313 e. The van der Waals surface area contributed by atoms with Gasteiger partial charge in [0.05, 0.1) is 10.5 Å². The van der Waals surface area contributed by atoms with E-state index in [1.165, 1.54) is 0 Å². The van der Waals surface area contributed by atoms with Crippen molar-refractivity contribution in [1.82, 2.24) is 10.0 Å². The van der Waals surface area contributed by atoms with E-state index in [4.69, 9.17) is 5.26 Å². The van der Waals surface area contributed by atoms with Crippen molar-refractivity contribution < 1.29 is 12.8 Å². The van der Waals surface area contributed by atoms with Gasteiger partial charge < -0.3 is 5.32 Å². The number of nitrogens with one attached hydrogen (secondary N) is 2. The van der Waals surface area contributed by atoms with Crippen LogP contribution >= 0.6 is 12.4 Å². The molecule has 2 N–H and O–H groups in total. The molecular weight excluding hydrogens is 305 g/mol. The summed E-state index contributed by atoms with van der Waals surface area (Å²) in [5.41, 5.74) is -0.289. The molecule has 0 aliphatic heterocycles. The average molecular weight is 322 g/mol. The van der Waals surface area contributed by atoms with Crippen LogP contribution in [0.4, 0.5) is 4.39 Å². The monoisotopic (exact) mass is 321 g/mol. The van der Waals surface area contributed by atoms with E-state index in [0.29, 0.717) is 0 Å². The van der Waals surface area contributed by atoms with Gasteiger partial charge in [0.2, 0.25) is 10.0 Å². The quantitative estimate of drug-likeness (QED) is 0.829. The average Bonchev–Trinajstić information content (AvgIpc) is 2.37. The van der Waals surface area contributed by atoms with E-state index < -0.39 is 15.8 Å². The van der Waals surface area contributed by atoms with Crippen molar-refractivity contribution in [2.75, 3.05) is 13.1 Å². The Hall–Kier alpha value is -1.20. The van der Waals surface area contributed by atoms with E-state index in [2.05, 4.69) is 10.0 Å². The van der Waals surface area contributed by atoms with Crippen molar-refractivity contribution in [3.05, 3.63) is 29.6 Å². The van der Waals surface area contributed by atoms with Crippen LogP contribution < -0.4 is 10.0 Å². The fraction of sp³-hybridized carbons (Fsp3) is 0.417. The van der Waals surface area contributed by atoms with Crippen LogP contribution in [0.5, 0.6) is 0 Å². The molecule has 0 amide bonds. The molecule has 0 aliphatic carbocycles. The van der Waals surface area contributed by atoms with E-state index in [-0.39, 0.29) is 35.5 Å². The zero-order valence-electron chi connectivity index (χ0n) is 11.2. The van der Waals surface area contributed by atoms with Gasteiger partial charge in [0, 0.05) is 12.6 Å². The Kier molecular flexibility index (Phi) is 7.68. The predicted molar refractivity (Wildman–Crippen MR) is 76.7 cm³/mol. The molecule has 8 heteroatoms. The maximum absolute atomic E-state index is 13.1. The highest BCUT2D eigenvalue weighted by molar-refractivity contribution is 7.89. The van der Waals surface area contributed by atoms with Crippen molar-refractivity contribution in [3.63, 3.8) is 0 Å². The largest absolute Gasteiger partial charge is 0.313 e. The summed E-state index contributed by atoms with van der Waals surface area (Å²) in [6.07, 6.45) is 0. The molecule has 1 rings (SSSR count). The molecule has 0 unspecified atom stereocenters. The maximum Gasteiger partial charge on any atom is 0.240 e. The fourth-order valence-corrected chi connectivity index (χ4v) is 2.65. The summed E-state index contributed by atoms with van der Waals surface area (Å²) in [5.74, 6) is -0.734. The van der Waals surface area contributed by atoms with Gasteiger partial charge in [-0.1, -0.05) is 6.92 Å². The number of hydrogen-bond donors (Lipinski definition) is 2. The van der Waals surface area contributed by atoms with Gasteiger partial charge >= 0.3 is 0 Å². The number of rotatable bonds is 6. The Morgan fingerprint density at radius 1 is 1.45 bits per heavy atom. The Labute approximate surface area is 124 Å². The van der Waals surface area contributed by atoms with Gasteiger partial charge in [-0.05, 0) is 31.7 Å². The Morgan fingerprint density at radius 2 is 2.10 bits per heavy atom. The van der Waals surface area contributed by atoms with Crippen LogP contribution in [0, 0.1) is 17.1 Å². The zero-order valence-corrected chi connectivity index (χ0v) is 12.8. The number of likely N-dealkylation sites (N-methyl/N-ethyl adjacent to an activating group) is 1. The van der Waals surface area contributed by atoms with E-state index in [0.717, 1.165) is 24.7 Å². The third-order valence-electron chi connectivity index (χ3n) is 2.50. The normalized spacial score (nSPS) is 12.3. The number of hydrogen-bond acceptors (Lipinski definition) is 4. The van der Waals surface area contributed by atoms with Gasteiger partial charge in [0.1, 0.15) is 11.9 Å². The van der Waals surface area contributed by atoms with E-state index in [1.54, 1.807) is 6.07 Å². The summed E-state index contributed by atoms with van der Waals surface area (Å²) >= 11 is 0. The second-order valence-electron chi connectivity index (χ2n) is 4.06. The first kappa shape index (κ1) is 18.8. The second-order valence-corrected chi connectivity index (χ2v) is 5.83. The maximum atomic E-state index is 13.1. The minimum atomic E-state index is -3.73. The summed E-state index contributed by atoms with van der Waals surface area (Å²) in [7, 11) is -3.73. The van der Waals surface area contributed by atoms with Gasteiger partial charge in [0.25, 0.3) is 0 Å². The molecule has 0 saturated carbocycles. The van der Waals surface area contributed by atoms with Crippen LogP contribution in [-0.2, 0) is 10.0 Å². The molecule has 0 aliphatic rings. The Bertz CT molecular complexity index is 587. The molecule has 20 heavy (non-hydrogen) atoms. The summed E-state index contributed by atoms with van der Waals surface area (Å²) in [6, 6.07) is 4.73. The minimum absolute atomic E-state index is 0. The van der Waals surface area contributed by atoms with Crippen LogP contribution in [-0.4, -0.2) is 27.5 Å². The summed E-state index contributed by atoms with van der Waals surface area (Å²) < 4.78 is 39.4. The third kappa shape index (κ3) is 5.06. The molecule has 0 aromatic heterocycles. The van der Waals surface area contributed by atoms with Crippen molar-refractivity contribution in [3.8, 4) is 6.07 Å². The lowest BCUT2D eigenvalue weighted by molar-refractivity contribution is 0.536. The van der Waals surface area contributed by atoms with Crippen LogP contribution in [0.2, 0.25) is 0 Å². The number of sulfonamides is 1. The molecule has 0 spiro atoms. The lowest BCUT2D eigenvalue weighted by Gasteiger charge is -2.13. The third-order valence-corrected chi connectivity index (χ3v) is 3.92. The predicted octanol–water partition coefficient (Wildman–Crippen LogP) is 1.40. The first-order valence-corrected chi connectivity index (χ1v) is 7.31. The Morgan fingerprint density at radius 3 is 2.65 bits per heavy atom. The first-order valence-electron chi connectivity index (χ1n) is 5.83. The van der Waals surface area contributed by atoms with Crippen LogP contribution in [0.3, 0.4) is 0 Å². The van der Waals surface area contributed by atoms with Gasteiger partial charge in [-0.2, -0.15) is 5.26 Å². The van der Waals surface area contributed by atoms with Crippen LogP contribution in [0.25, 0.3) is 0 Å². The molecule has 0 fully saturated rings. The molecule has 0 saturated heterocycles. The standard InChI is InChI=1S/C12H16FN3O2S.ClH/c1-3-15-9(2)8-16-19(17,18)11-4-5-12(13)10(6-11)7-14;/h4-6,9,15-16H,3,8H2,1-2H3;1H/t9-;/m1./s1. The first-order chi connectivity index (χ1) is 8.90. The van der Waals surface area contributed by atoms with E-state index >= 15 is 0 Å². The van der Waals surface area contributed by atoms with E-state index in [1.807, 2.05) is 13.8 Å². The molecule has 1 atom stereocenters. The number of nitriles is 1. The summed E-state index contributed by atoms with van der Waals surface area (Å²) in [4.78, 5) is -0.117. The molecule has 0 radical (unpaired) electrons. The van der Waals surface area contributed by atoms with Gasteiger partial charge in [-0.25, -0.2) is 17.5 Å². The smallest absolute Gasteiger partial charge is 0.240 e. The Balaban J connectivity index is 0.00000361. The van der Waals surface area contributed by atoms with Crippen molar-refractivity contribution >= 4 is 22.4 Å². The van der Waals surface area contributed by atoms with Crippen molar-refractivity contribution in [2.45, 2.75) is 24.8 Å². The molecule has 5 nitrogen and oxygen atoms in total. The van der Waals surface area contributed by atoms with Crippen LogP contribution in [0.15, 0.2) is 23.1 Å². The van der Waals surface area contributed by atoms with Gasteiger partial charge in [-0.15, -0.1) is 12.4 Å². The number of halogens is 2.